The molecular formula is C10H11FN4S. The first-order chi connectivity index (χ1) is 7.72. The van der Waals surface area contributed by atoms with E-state index in [-0.39, 0.29) is 5.82 Å². The van der Waals surface area contributed by atoms with Crippen molar-refractivity contribution < 1.29 is 4.39 Å². The zero-order valence-corrected chi connectivity index (χ0v) is 9.54. The summed E-state index contributed by atoms with van der Waals surface area (Å²) >= 11 is 1.23. The molecule has 0 unspecified atom stereocenters. The van der Waals surface area contributed by atoms with E-state index in [0.717, 1.165) is 5.56 Å². The maximum Gasteiger partial charge on any atom is 0.195 e. The van der Waals surface area contributed by atoms with Gasteiger partial charge >= 0.3 is 0 Å². The van der Waals surface area contributed by atoms with Crippen LogP contribution in [-0.4, -0.2) is 14.8 Å². The van der Waals surface area contributed by atoms with Crippen LogP contribution < -0.4 is 5.73 Å². The number of aromatic nitrogens is 3. The van der Waals surface area contributed by atoms with Gasteiger partial charge in [0.05, 0.1) is 4.90 Å². The van der Waals surface area contributed by atoms with Gasteiger partial charge < -0.3 is 10.3 Å². The molecule has 0 radical (unpaired) electrons. The van der Waals surface area contributed by atoms with E-state index in [1.165, 1.54) is 17.8 Å². The summed E-state index contributed by atoms with van der Waals surface area (Å²) in [4.78, 5) is 0.515. The zero-order chi connectivity index (χ0) is 11.5. The monoisotopic (exact) mass is 238 g/mol. The van der Waals surface area contributed by atoms with Crippen LogP contribution in [0.25, 0.3) is 0 Å². The van der Waals surface area contributed by atoms with Crippen molar-refractivity contribution in [2.45, 2.75) is 16.6 Å². The van der Waals surface area contributed by atoms with E-state index < -0.39 is 0 Å². The molecule has 4 nitrogen and oxygen atoms in total. The lowest BCUT2D eigenvalue weighted by atomic mass is 10.2. The van der Waals surface area contributed by atoms with Gasteiger partial charge in [-0.1, -0.05) is 12.1 Å². The number of benzene rings is 1. The number of halogens is 1. The van der Waals surface area contributed by atoms with Crippen LogP contribution in [0.4, 0.5) is 4.39 Å². The summed E-state index contributed by atoms with van der Waals surface area (Å²) < 4.78 is 15.4. The lowest BCUT2D eigenvalue weighted by Crippen LogP contribution is -2.00. The average molecular weight is 238 g/mol. The minimum absolute atomic E-state index is 0.282. The van der Waals surface area contributed by atoms with Gasteiger partial charge in [0.15, 0.2) is 5.16 Å². The van der Waals surface area contributed by atoms with Crippen LogP contribution in [0.15, 0.2) is 34.6 Å². The molecule has 0 atom stereocenters. The van der Waals surface area contributed by atoms with E-state index in [9.17, 15) is 4.39 Å². The number of nitrogens with zero attached hydrogens (tertiary/aromatic N) is 3. The number of aryl methyl sites for hydroxylation is 1. The second kappa shape index (κ2) is 4.63. The van der Waals surface area contributed by atoms with Gasteiger partial charge in [-0.2, -0.15) is 0 Å². The fraction of sp³-hybridized carbons (Fsp3) is 0.200. The van der Waals surface area contributed by atoms with Gasteiger partial charge in [0.25, 0.3) is 0 Å². The highest BCUT2D eigenvalue weighted by Crippen LogP contribution is 2.30. The summed E-state index contributed by atoms with van der Waals surface area (Å²) in [5, 5.41) is 8.28. The Hall–Kier alpha value is -1.40. The lowest BCUT2D eigenvalue weighted by molar-refractivity contribution is 0.596. The molecule has 0 aliphatic heterocycles. The lowest BCUT2D eigenvalue weighted by Gasteiger charge is -2.07. The van der Waals surface area contributed by atoms with Crippen molar-refractivity contribution in [2.75, 3.05) is 0 Å². The summed E-state index contributed by atoms with van der Waals surface area (Å²) in [6.45, 7) is 0.304. The second-order valence-corrected chi connectivity index (χ2v) is 4.24. The molecule has 0 bridgehead atoms. The van der Waals surface area contributed by atoms with Crippen molar-refractivity contribution in [3.8, 4) is 0 Å². The van der Waals surface area contributed by atoms with Crippen molar-refractivity contribution in [1.29, 1.82) is 0 Å². The smallest absolute Gasteiger partial charge is 0.195 e. The van der Waals surface area contributed by atoms with Crippen molar-refractivity contribution in [1.82, 2.24) is 14.8 Å². The zero-order valence-electron chi connectivity index (χ0n) is 8.72. The summed E-state index contributed by atoms with van der Waals surface area (Å²) in [6, 6.07) is 4.87. The Labute approximate surface area is 96.7 Å². The van der Waals surface area contributed by atoms with Crippen molar-refractivity contribution >= 4 is 11.8 Å². The highest BCUT2D eigenvalue weighted by molar-refractivity contribution is 7.99. The number of hydrogen-bond acceptors (Lipinski definition) is 4. The molecule has 0 aliphatic rings. The summed E-state index contributed by atoms with van der Waals surface area (Å²) in [5.74, 6) is -0.282. The minimum Gasteiger partial charge on any atom is -0.326 e. The fourth-order valence-corrected chi connectivity index (χ4v) is 2.19. The molecular weight excluding hydrogens is 227 g/mol. The quantitative estimate of drug-likeness (QED) is 0.881. The maximum absolute atomic E-state index is 13.6. The van der Waals surface area contributed by atoms with Crippen LogP contribution in [0.5, 0.6) is 0 Å². The van der Waals surface area contributed by atoms with Gasteiger partial charge in [-0.3, -0.25) is 0 Å². The molecule has 16 heavy (non-hydrogen) atoms. The van der Waals surface area contributed by atoms with Gasteiger partial charge in [-0.25, -0.2) is 4.39 Å². The van der Waals surface area contributed by atoms with Crippen LogP contribution in [0.2, 0.25) is 0 Å². The third-order valence-corrected chi connectivity index (χ3v) is 3.35. The third-order valence-electron chi connectivity index (χ3n) is 2.13. The van der Waals surface area contributed by atoms with E-state index in [4.69, 9.17) is 5.73 Å². The van der Waals surface area contributed by atoms with Crippen molar-refractivity contribution in [3.05, 3.63) is 35.9 Å². The van der Waals surface area contributed by atoms with Crippen LogP contribution in [0, 0.1) is 5.82 Å². The van der Waals surface area contributed by atoms with Gasteiger partial charge in [-0.15, -0.1) is 10.2 Å². The van der Waals surface area contributed by atoms with Gasteiger partial charge in [-0.05, 0) is 23.4 Å². The summed E-state index contributed by atoms with van der Waals surface area (Å²) in [6.07, 6.45) is 1.57. The number of nitrogens with two attached hydrogens (primary N) is 1. The first-order valence-corrected chi connectivity index (χ1v) is 5.53. The van der Waals surface area contributed by atoms with Crippen LogP contribution in [0.3, 0.4) is 0 Å². The standard InChI is InChI=1S/C10H11FN4S/c1-15-6-13-14-10(15)16-9-7(5-12)3-2-4-8(9)11/h2-4,6H,5,12H2,1H3. The highest BCUT2D eigenvalue weighted by atomic mass is 32.2. The average Bonchev–Trinajstić information content (AvgIpc) is 2.67. The minimum atomic E-state index is -0.282. The Morgan fingerprint density at radius 1 is 1.50 bits per heavy atom. The first-order valence-electron chi connectivity index (χ1n) is 4.71. The van der Waals surface area contributed by atoms with E-state index in [2.05, 4.69) is 10.2 Å². The summed E-state index contributed by atoms with van der Waals surface area (Å²) in [7, 11) is 1.81. The van der Waals surface area contributed by atoms with Crippen LogP contribution >= 0.6 is 11.8 Å². The topological polar surface area (TPSA) is 56.7 Å². The molecule has 6 heteroatoms. The third kappa shape index (κ3) is 2.07. The molecule has 0 saturated heterocycles. The molecule has 1 aromatic carbocycles. The molecule has 0 fully saturated rings. The summed E-state index contributed by atoms with van der Waals surface area (Å²) in [5.41, 5.74) is 6.33. The van der Waals surface area contributed by atoms with Crippen LogP contribution in [0.1, 0.15) is 5.56 Å². The van der Waals surface area contributed by atoms with Crippen LogP contribution in [-0.2, 0) is 13.6 Å². The molecule has 0 aliphatic carbocycles. The Kier molecular flexibility index (Phi) is 3.21. The first kappa shape index (κ1) is 11.1. The Balaban J connectivity index is 2.37. The van der Waals surface area contributed by atoms with E-state index in [0.29, 0.717) is 16.6 Å². The number of rotatable bonds is 3. The molecule has 2 rings (SSSR count). The predicted molar refractivity (Wildman–Crippen MR) is 59.4 cm³/mol. The largest absolute Gasteiger partial charge is 0.326 e. The molecule has 2 aromatic rings. The maximum atomic E-state index is 13.6. The van der Waals surface area contributed by atoms with E-state index in [1.807, 2.05) is 13.1 Å². The van der Waals surface area contributed by atoms with Gasteiger partial charge in [0, 0.05) is 13.6 Å². The molecule has 1 heterocycles. The molecule has 2 N–H and O–H groups in total. The molecule has 0 spiro atoms. The van der Waals surface area contributed by atoms with Crippen molar-refractivity contribution in [2.24, 2.45) is 12.8 Å². The molecule has 0 amide bonds. The Morgan fingerprint density at radius 3 is 2.94 bits per heavy atom. The molecule has 1 aromatic heterocycles. The Morgan fingerprint density at radius 2 is 2.31 bits per heavy atom. The normalized spacial score (nSPS) is 10.7. The molecule has 84 valence electrons. The molecule has 0 saturated carbocycles. The fourth-order valence-electron chi connectivity index (χ4n) is 1.28. The SMILES string of the molecule is Cn1cnnc1Sc1c(F)cccc1CN. The van der Waals surface area contributed by atoms with Gasteiger partial charge in [0.2, 0.25) is 0 Å². The van der Waals surface area contributed by atoms with E-state index >= 15 is 0 Å². The second-order valence-electron chi connectivity index (χ2n) is 3.26. The van der Waals surface area contributed by atoms with E-state index in [1.54, 1.807) is 17.0 Å². The Bertz CT molecular complexity index is 497. The predicted octanol–water partition coefficient (Wildman–Crippen LogP) is 1.56. The number of hydrogen-bond donors (Lipinski definition) is 1. The van der Waals surface area contributed by atoms with Crippen molar-refractivity contribution in [3.63, 3.8) is 0 Å². The highest BCUT2D eigenvalue weighted by Gasteiger charge is 2.11. The van der Waals surface area contributed by atoms with Gasteiger partial charge in [0.1, 0.15) is 12.1 Å².